The normalized spacial score (nSPS) is 43.3. The minimum atomic E-state index is -3.79. The predicted octanol–water partition coefficient (Wildman–Crippen LogP) is 0.616. The van der Waals surface area contributed by atoms with Gasteiger partial charge in [-0.15, -0.1) is 10.3 Å². The Morgan fingerprint density at radius 3 is 2.46 bits per heavy atom. The highest BCUT2D eigenvalue weighted by atomic mass is 16.8. The van der Waals surface area contributed by atoms with Crippen LogP contribution in [0.1, 0.15) is 43.9 Å². The van der Waals surface area contributed by atoms with Gasteiger partial charge in [0.05, 0.1) is 11.1 Å². The van der Waals surface area contributed by atoms with Crippen LogP contribution in [0.3, 0.4) is 0 Å². The Labute approximate surface area is 94.8 Å². The molecule has 4 nitrogen and oxygen atoms in total. The van der Waals surface area contributed by atoms with Crippen molar-refractivity contribution in [3.8, 4) is 0 Å². The summed E-state index contributed by atoms with van der Waals surface area (Å²) in [5.74, 6) is -1.72. The first-order valence-electron chi connectivity index (χ1n) is 9.20. The number of primary amides is 1. The molecule has 1 heterocycles. The molecule has 13 heavy (non-hydrogen) atoms. The van der Waals surface area contributed by atoms with Crippen LogP contribution in [0.15, 0.2) is 11.6 Å². The van der Waals surface area contributed by atoms with Crippen LogP contribution in [0, 0.1) is 0 Å². The van der Waals surface area contributed by atoms with E-state index in [-0.39, 0.29) is 6.08 Å². The highest BCUT2D eigenvalue weighted by Crippen LogP contribution is 2.38. The Balaban J connectivity index is 4.12. The average molecular weight is 196 g/mol. The molecular formula is C9H15N2O2. The van der Waals surface area contributed by atoms with Gasteiger partial charge in [-0.2, -0.15) is 0 Å². The van der Waals surface area contributed by atoms with Crippen molar-refractivity contribution in [3.05, 3.63) is 11.6 Å². The molecule has 0 unspecified atom stereocenters. The zero-order chi connectivity index (χ0) is 20.4. The van der Waals surface area contributed by atoms with E-state index in [9.17, 15) is 10.0 Å². The van der Waals surface area contributed by atoms with Gasteiger partial charge < -0.3 is 5.73 Å². The molecule has 1 aliphatic heterocycles. The van der Waals surface area contributed by atoms with E-state index in [1.807, 2.05) is 0 Å². The van der Waals surface area contributed by atoms with Gasteiger partial charge in [-0.25, -0.2) is 0 Å². The SMILES string of the molecule is [2H]C([2H])([2H])C1(C([2H])([2H])[2H])C=C(C(N)=O)C(C([2H])([2H])[2H])(C([2H])([2H])[2H])[15N]1[O]. The number of carbonyl (C=O) groups is 1. The summed E-state index contributed by atoms with van der Waals surface area (Å²) in [5.41, 5.74) is -3.71. The molecule has 0 saturated heterocycles. The van der Waals surface area contributed by atoms with Gasteiger partial charge in [-0.05, 0) is 27.4 Å². The van der Waals surface area contributed by atoms with E-state index in [2.05, 4.69) is 0 Å². The first-order valence-corrected chi connectivity index (χ1v) is 3.20. The molecule has 4 heteroatoms. The van der Waals surface area contributed by atoms with Crippen LogP contribution in [0.25, 0.3) is 0 Å². The molecule has 1 rings (SSSR count). The van der Waals surface area contributed by atoms with Crippen LogP contribution < -0.4 is 5.73 Å². The highest BCUT2D eigenvalue weighted by molar-refractivity contribution is 5.95. The van der Waals surface area contributed by atoms with Gasteiger partial charge >= 0.3 is 0 Å². The molecule has 0 fully saturated rings. The molecule has 0 atom stereocenters. The second kappa shape index (κ2) is 2.56. The van der Waals surface area contributed by atoms with E-state index in [0.29, 0.717) is 0 Å². The van der Waals surface area contributed by atoms with Crippen molar-refractivity contribution < 1.29 is 26.5 Å². The molecule has 1 aliphatic rings. The van der Waals surface area contributed by atoms with Gasteiger partial charge in [0.25, 0.3) is 0 Å². The van der Waals surface area contributed by atoms with Crippen molar-refractivity contribution in [1.82, 2.24) is 5.06 Å². The van der Waals surface area contributed by atoms with Crippen LogP contribution in [-0.2, 0) is 10.0 Å². The molecule has 0 aliphatic carbocycles. The Morgan fingerprint density at radius 2 is 2.15 bits per heavy atom. The van der Waals surface area contributed by atoms with Gasteiger partial charge in [-0.3, -0.25) is 4.79 Å². The summed E-state index contributed by atoms with van der Waals surface area (Å²) in [6.45, 7) is -15.0. The molecule has 1 radical (unpaired) electrons. The van der Waals surface area contributed by atoms with Crippen LogP contribution in [0.5, 0.6) is 0 Å². The minimum Gasteiger partial charge on any atom is -0.366 e. The average Bonchev–Trinajstić information content (AvgIpc) is 2.57. The van der Waals surface area contributed by atoms with Gasteiger partial charge in [0.1, 0.15) is 0 Å². The van der Waals surface area contributed by atoms with E-state index < -0.39 is 55.0 Å². The Hall–Kier alpha value is -0.870. The van der Waals surface area contributed by atoms with Crippen molar-refractivity contribution in [2.24, 2.45) is 5.73 Å². The van der Waals surface area contributed by atoms with Crippen LogP contribution in [-0.4, -0.2) is 22.0 Å². The smallest absolute Gasteiger partial charge is 0.246 e. The molecule has 0 aromatic rings. The van der Waals surface area contributed by atoms with Crippen LogP contribution in [0.2, 0.25) is 0 Å². The fraction of sp³-hybridized carbons (Fsp3) is 0.667. The van der Waals surface area contributed by atoms with Crippen molar-refractivity contribution >= 4 is 5.91 Å². The number of hydroxylamine groups is 2. The largest absolute Gasteiger partial charge is 0.366 e. The second-order valence-corrected chi connectivity index (χ2v) is 2.69. The summed E-state index contributed by atoms with van der Waals surface area (Å²) in [6.07, 6.45) is 0.0566. The maximum absolute atomic E-state index is 12.9. The van der Waals surface area contributed by atoms with Gasteiger partial charge in [0, 0.05) is 22.0 Å². The molecular weight excluding hydrogens is 169 g/mol. The molecule has 0 aromatic carbocycles. The van der Waals surface area contributed by atoms with E-state index >= 15 is 0 Å². The molecule has 0 aromatic heterocycles. The Kier molecular flexibility index (Phi) is 0.508. The lowest BCUT2D eigenvalue weighted by Gasteiger charge is -2.33. The summed E-state index contributed by atoms with van der Waals surface area (Å²) in [7, 11) is 0. The van der Waals surface area contributed by atoms with Gasteiger partial charge in [0.15, 0.2) is 0 Å². The molecule has 0 bridgehead atoms. The summed E-state index contributed by atoms with van der Waals surface area (Å²) in [5, 5.41) is 11.9. The number of hydrogen-bond acceptors (Lipinski definition) is 2. The standard InChI is InChI=1S/C9H15N2O2/c1-8(2)5-6(7(10)12)9(3,4)11(8)13/h5H,1-4H3,(H2,10,12)/i1D3,2D3,3D3,4D3,11+1. The van der Waals surface area contributed by atoms with Crippen molar-refractivity contribution in [1.29, 1.82) is 0 Å². The monoisotopic (exact) mass is 196 g/mol. The summed E-state index contributed by atoms with van der Waals surface area (Å²) >= 11 is 0. The number of nitrogens with two attached hydrogens (primary N) is 1. The second-order valence-electron chi connectivity index (χ2n) is 2.69. The number of hydrogen-bond donors (Lipinski definition) is 1. The van der Waals surface area contributed by atoms with Crippen LogP contribution in [0.4, 0.5) is 0 Å². The molecule has 73 valence electrons. The van der Waals surface area contributed by atoms with Crippen molar-refractivity contribution in [3.63, 3.8) is 0 Å². The molecule has 2 N–H and O–H groups in total. The molecule has 0 saturated carbocycles. The molecule has 0 spiro atoms. The predicted molar refractivity (Wildman–Crippen MR) is 48.0 cm³/mol. The zero-order valence-corrected chi connectivity index (χ0v) is 6.42. The maximum atomic E-state index is 12.9. The summed E-state index contributed by atoms with van der Waals surface area (Å²) in [4.78, 5) is 11.7. The third kappa shape index (κ3) is 1.36. The number of nitrogens with zero attached hydrogens (tertiary/aromatic N) is 1. The first-order chi connectivity index (χ1) is 10.7. The number of rotatable bonds is 1. The lowest BCUT2D eigenvalue weighted by Crippen LogP contribution is -2.48. The van der Waals surface area contributed by atoms with E-state index in [1.165, 1.54) is 0 Å². The van der Waals surface area contributed by atoms with Crippen molar-refractivity contribution in [2.75, 3.05) is 0 Å². The number of carbonyl (C=O) groups excluding carboxylic acids is 1. The Morgan fingerprint density at radius 1 is 1.54 bits per heavy atom. The lowest BCUT2D eigenvalue weighted by molar-refractivity contribution is -0.238. The third-order valence-electron chi connectivity index (χ3n) is 1.63. The quantitative estimate of drug-likeness (QED) is 0.625. The molecule has 1 amide bonds. The van der Waals surface area contributed by atoms with Crippen molar-refractivity contribution in [2.45, 2.75) is 38.5 Å². The van der Waals surface area contributed by atoms with E-state index in [1.54, 1.807) is 0 Å². The summed E-state index contributed by atoms with van der Waals surface area (Å²) in [6, 6.07) is 0. The van der Waals surface area contributed by atoms with E-state index in [4.69, 9.17) is 22.2 Å². The van der Waals surface area contributed by atoms with Crippen LogP contribution >= 0.6 is 0 Å². The van der Waals surface area contributed by atoms with E-state index in [0.717, 1.165) is 0 Å². The zero-order valence-electron chi connectivity index (χ0n) is 18.4. The Bertz CT molecular complexity index is 568. The number of amides is 1. The minimum absolute atomic E-state index is 0.0566. The summed E-state index contributed by atoms with van der Waals surface area (Å²) < 4.78 is 89.6. The lowest BCUT2D eigenvalue weighted by atomic mass is 9.97. The van der Waals surface area contributed by atoms with Gasteiger partial charge in [0.2, 0.25) is 5.91 Å². The first kappa shape index (κ1) is 2.58. The topological polar surface area (TPSA) is 66.2 Å². The van der Waals surface area contributed by atoms with Gasteiger partial charge in [-0.1, -0.05) is 6.08 Å². The fourth-order valence-corrected chi connectivity index (χ4v) is 0.995. The highest BCUT2D eigenvalue weighted by Gasteiger charge is 2.48. The third-order valence-corrected chi connectivity index (χ3v) is 1.63. The fourth-order valence-electron chi connectivity index (χ4n) is 0.995. The maximum Gasteiger partial charge on any atom is 0.246 e.